The van der Waals surface area contributed by atoms with Gasteiger partial charge in [0.25, 0.3) is 0 Å². The van der Waals surface area contributed by atoms with E-state index >= 15 is 0 Å². The van der Waals surface area contributed by atoms with Gasteiger partial charge in [-0.1, -0.05) is 13.8 Å². The highest BCUT2D eigenvalue weighted by Crippen LogP contribution is 2.33. The quantitative estimate of drug-likeness (QED) is 0.617. The molecule has 3 rings (SSSR count). The van der Waals surface area contributed by atoms with Crippen molar-refractivity contribution in [1.29, 1.82) is 0 Å². The number of aromatic nitrogens is 2. The molecule has 0 spiro atoms. The van der Waals surface area contributed by atoms with Gasteiger partial charge in [-0.15, -0.1) is 0 Å². The van der Waals surface area contributed by atoms with E-state index < -0.39 is 11.7 Å². The van der Waals surface area contributed by atoms with Crippen LogP contribution < -0.4 is 0 Å². The molecule has 0 N–H and O–H groups in total. The van der Waals surface area contributed by atoms with Gasteiger partial charge < -0.3 is 4.42 Å². The number of alkyl halides is 3. The first-order chi connectivity index (χ1) is 10.4. The van der Waals surface area contributed by atoms with Crippen molar-refractivity contribution in [2.45, 2.75) is 26.9 Å². The zero-order valence-electron chi connectivity index (χ0n) is 12.4. The van der Waals surface area contributed by atoms with Crippen molar-refractivity contribution in [1.82, 2.24) is 9.97 Å². The molecule has 2 heterocycles. The molecule has 0 aliphatic carbocycles. The summed E-state index contributed by atoms with van der Waals surface area (Å²) in [7, 11) is 0. The average molecular weight is 308 g/mol. The molecule has 0 fully saturated rings. The van der Waals surface area contributed by atoms with E-state index in [1.165, 1.54) is 6.07 Å². The molecule has 0 saturated heterocycles. The Labute approximate surface area is 125 Å². The smallest absolute Gasteiger partial charge is 0.416 e. The van der Waals surface area contributed by atoms with Crippen molar-refractivity contribution in [3.05, 3.63) is 47.8 Å². The van der Waals surface area contributed by atoms with Crippen LogP contribution in [0.1, 0.15) is 25.0 Å². The van der Waals surface area contributed by atoms with Crippen LogP contribution in [0.3, 0.4) is 0 Å². The Hall–Kier alpha value is -2.37. The summed E-state index contributed by atoms with van der Waals surface area (Å²) in [5.74, 6) is 0.291. The molecule has 3 aromatic rings. The van der Waals surface area contributed by atoms with Crippen LogP contribution in [0.2, 0.25) is 0 Å². The zero-order valence-corrected chi connectivity index (χ0v) is 12.4. The molecular weight excluding hydrogens is 293 g/mol. The lowest BCUT2D eigenvalue weighted by molar-refractivity contribution is -0.137. The van der Waals surface area contributed by atoms with Crippen LogP contribution in [0, 0.1) is 6.92 Å². The third-order valence-electron chi connectivity index (χ3n) is 2.97. The second kappa shape index (κ2) is 6.17. The predicted molar refractivity (Wildman–Crippen MR) is 78.3 cm³/mol. The Morgan fingerprint density at radius 1 is 1.09 bits per heavy atom. The summed E-state index contributed by atoms with van der Waals surface area (Å²) in [5.41, 5.74) is 1.33. The minimum Gasteiger partial charge on any atom is -0.436 e. The van der Waals surface area contributed by atoms with Crippen molar-refractivity contribution in [2.24, 2.45) is 0 Å². The molecular formula is C16H15F3N2O. The van der Waals surface area contributed by atoms with Gasteiger partial charge in [-0.2, -0.15) is 13.2 Å². The van der Waals surface area contributed by atoms with Gasteiger partial charge >= 0.3 is 6.18 Å². The number of aryl methyl sites for hydroxylation is 1. The Morgan fingerprint density at radius 3 is 2.45 bits per heavy atom. The van der Waals surface area contributed by atoms with E-state index in [0.29, 0.717) is 17.0 Å². The van der Waals surface area contributed by atoms with E-state index in [9.17, 15) is 13.2 Å². The van der Waals surface area contributed by atoms with E-state index in [-0.39, 0.29) is 5.52 Å². The lowest BCUT2D eigenvalue weighted by atomic mass is 10.1. The van der Waals surface area contributed by atoms with Crippen LogP contribution in [0.4, 0.5) is 13.2 Å². The van der Waals surface area contributed by atoms with Crippen LogP contribution in [0.15, 0.2) is 41.1 Å². The largest absolute Gasteiger partial charge is 0.436 e. The lowest BCUT2D eigenvalue weighted by Gasteiger charge is -2.04. The molecule has 0 saturated carbocycles. The first kappa shape index (κ1) is 16.0. The molecule has 0 aliphatic heterocycles. The third-order valence-corrected chi connectivity index (χ3v) is 2.97. The van der Waals surface area contributed by atoms with Crippen molar-refractivity contribution >= 4 is 11.1 Å². The number of pyridine rings is 1. The Morgan fingerprint density at radius 2 is 1.82 bits per heavy atom. The normalized spacial score (nSPS) is 11.2. The fraction of sp³-hybridized carbons (Fsp3) is 0.250. The maximum atomic E-state index is 12.6. The Balaban J connectivity index is 0.000000847. The SMILES string of the molecule is CC.Cc1cnccc1-c1nc2cc(C(F)(F)F)ccc2o1. The summed E-state index contributed by atoms with van der Waals surface area (Å²) in [6.45, 7) is 5.83. The molecule has 0 aliphatic rings. The standard InChI is InChI=1S/C14H9F3N2O.C2H6/c1-8-7-18-5-4-10(8)13-19-11-6-9(14(15,16)17)2-3-12(11)20-13;1-2/h2-7H,1H3;1-2H3. The second-order valence-corrected chi connectivity index (χ2v) is 4.39. The maximum absolute atomic E-state index is 12.6. The van der Waals surface area contributed by atoms with Gasteiger partial charge in [-0.25, -0.2) is 4.98 Å². The average Bonchev–Trinajstić information content (AvgIpc) is 2.91. The summed E-state index contributed by atoms with van der Waals surface area (Å²) in [4.78, 5) is 8.08. The summed E-state index contributed by atoms with van der Waals surface area (Å²) < 4.78 is 43.4. The van der Waals surface area contributed by atoms with Crippen molar-refractivity contribution < 1.29 is 17.6 Å². The number of fused-ring (bicyclic) bond motifs is 1. The van der Waals surface area contributed by atoms with Gasteiger partial charge in [0.1, 0.15) is 5.52 Å². The molecule has 0 atom stereocenters. The summed E-state index contributed by atoms with van der Waals surface area (Å²) >= 11 is 0. The number of nitrogens with zero attached hydrogens (tertiary/aromatic N) is 2. The monoisotopic (exact) mass is 308 g/mol. The molecule has 6 heteroatoms. The van der Waals surface area contributed by atoms with Crippen LogP contribution in [-0.2, 0) is 6.18 Å². The van der Waals surface area contributed by atoms with Gasteiger partial charge in [-0.3, -0.25) is 4.98 Å². The summed E-state index contributed by atoms with van der Waals surface area (Å²) in [5, 5.41) is 0. The number of hydrogen-bond acceptors (Lipinski definition) is 3. The van der Waals surface area contributed by atoms with Crippen LogP contribution >= 0.6 is 0 Å². The van der Waals surface area contributed by atoms with Crippen LogP contribution in [-0.4, -0.2) is 9.97 Å². The van der Waals surface area contributed by atoms with E-state index in [2.05, 4.69) is 9.97 Å². The fourth-order valence-electron chi connectivity index (χ4n) is 1.93. The van der Waals surface area contributed by atoms with Crippen molar-refractivity contribution in [2.75, 3.05) is 0 Å². The van der Waals surface area contributed by atoms with Crippen molar-refractivity contribution in [3.63, 3.8) is 0 Å². The minimum atomic E-state index is -4.39. The molecule has 0 radical (unpaired) electrons. The number of halogens is 3. The third kappa shape index (κ3) is 3.10. The van der Waals surface area contributed by atoms with Crippen LogP contribution in [0.5, 0.6) is 0 Å². The molecule has 0 unspecified atom stereocenters. The van der Waals surface area contributed by atoms with Gasteiger partial charge in [-0.05, 0) is 36.8 Å². The maximum Gasteiger partial charge on any atom is 0.416 e. The van der Waals surface area contributed by atoms with E-state index in [1.807, 2.05) is 20.8 Å². The second-order valence-electron chi connectivity index (χ2n) is 4.39. The molecule has 2 aromatic heterocycles. The minimum absolute atomic E-state index is 0.186. The first-order valence-electron chi connectivity index (χ1n) is 6.84. The number of oxazole rings is 1. The predicted octanol–water partition coefficient (Wildman–Crippen LogP) is 5.24. The summed E-state index contributed by atoms with van der Waals surface area (Å²) in [6, 6.07) is 4.96. The number of rotatable bonds is 1. The number of benzene rings is 1. The molecule has 116 valence electrons. The molecule has 3 nitrogen and oxygen atoms in total. The van der Waals surface area contributed by atoms with Gasteiger partial charge in [0, 0.05) is 18.0 Å². The van der Waals surface area contributed by atoms with E-state index in [4.69, 9.17) is 4.42 Å². The summed E-state index contributed by atoms with van der Waals surface area (Å²) in [6.07, 6.45) is -1.16. The lowest BCUT2D eigenvalue weighted by Crippen LogP contribution is -2.03. The van der Waals surface area contributed by atoms with Gasteiger partial charge in [0.05, 0.1) is 5.56 Å². The first-order valence-corrected chi connectivity index (χ1v) is 6.84. The Bertz CT molecular complexity index is 778. The highest BCUT2D eigenvalue weighted by molar-refractivity contribution is 5.77. The number of hydrogen-bond donors (Lipinski definition) is 0. The molecule has 22 heavy (non-hydrogen) atoms. The Kier molecular flexibility index (Phi) is 4.49. The van der Waals surface area contributed by atoms with Gasteiger partial charge in [0.2, 0.25) is 5.89 Å². The topological polar surface area (TPSA) is 38.9 Å². The fourth-order valence-corrected chi connectivity index (χ4v) is 1.93. The van der Waals surface area contributed by atoms with Gasteiger partial charge in [0.15, 0.2) is 5.58 Å². The van der Waals surface area contributed by atoms with E-state index in [0.717, 1.165) is 17.7 Å². The zero-order chi connectivity index (χ0) is 16.3. The highest BCUT2D eigenvalue weighted by Gasteiger charge is 2.31. The van der Waals surface area contributed by atoms with Crippen molar-refractivity contribution in [3.8, 4) is 11.5 Å². The van der Waals surface area contributed by atoms with Crippen LogP contribution in [0.25, 0.3) is 22.6 Å². The molecule has 0 amide bonds. The molecule has 1 aromatic carbocycles. The molecule has 0 bridgehead atoms. The van der Waals surface area contributed by atoms with E-state index in [1.54, 1.807) is 18.5 Å². The highest BCUT2D eigenvalue weighted by atomic mass is 19.4.